The van der Waals surface area contributed by atoms with Crippen LogP contribution >= 0.6 is 0 Å². The van der Waals surface area contributed by atoms with Gasteiger partial charge in [-0.2, -0.15) is 0 Å². The van der Waals surface area contributed by atoms with Gasteiger partial charge in [-0.1, -0.05) is 105 Å². The van der Waals surface area contributed by atoms with Gasteiger partial charge in [0.05, 0.1) is 0 Å². The first-order chi connectivity index (χ1) is 27.1. The Hall–Kier alpha value is -4.70. The Labute approximate surface area is 333 Å². The van der Waals surface area contributed by atoms with Crippen molar-refractivity contribution >= 4 is 11.9 Å². The minimum Gasteiger partial charge on any atom is -0.508 e. The van der Waals surface area contributed by atoms with E-state index in [-0.39, 0.29) is 5.41 Å². The van der Waals surface area contributed by atoms with Gasteiger partial charge in [0, 0.05) is 42.7 Å². The van der Waals surface area contributed by atoms with Crippen molar-refractivity contribution in [3.05, 3.63) is 130 Å². The second-order valence-corrected chi connectivity index (χ2v) is 15.8. The van der Waals surface area contributed by atoms with Crippen LogP contribution in [-0.4, -0.2) is 79.8 Å². The zero-order valence-corrected chi connectivity index (χ0v) is 33.1. The first kappa shape index (κ1) is 42.4. The average Bonchev–Trinajstić information content (AvgIpc) is 3.63. The van der Waals surface area contributed by atoms with Crippen LogP contribution in [0.2, 0.25) is 0 Å². The molecule has 2 aliphatic rings. The van der Waals surface area contributed by atoms with E-state index in [4.69, 9.17) is 19.8 Å². The van der Waals surface area contributed by atoms with E-state index in [1.54, 1.807) is 0 Å². The van der Waals surface area contributed by atoms with Crippen LogP contribution in [-0.2, 0) is 41.2 Å². The molecule has 2 saturated heterocycles. The molecule has 0 aromatic heterocycles. The summed E-state index contributed by atoms with van der Waals surface area (Å²) < 4.78 is 0. The second kappa shape index (κ2) is 21.6. The molecule has 9 nitrogen and oxygen atoms in total. The molecular weight excluding hydrogens is 703 g/mol. The molecule has 0 unspecified atom stereocenters. The summed E-state index contributed by atoms with van der Waals surface area (Å²) in [5, 5.41) is 37.0. The Kier molecular flexibility index (Phi) is 16.3. The number of carboxylic acid groups (broad SMARTS) is 2. The molecule has 4 N–H and O–H groups in total. The monoisotopic (exact) mass is 763 g/mol. The molecule has 0 atom stereocenters. The van der Waals surface area contributed by atoms with Crippen molar-refractivity contribution in [3.63, 3.8) is 0 Å². The van der Waals surface area contributed by atoms with E-state index >= 15 is 0 Å². The molecule has 4 aromatic carbocycles. The van der Waals surface area contributed by atoms with Gasteiger partial charge in [-0.25, -0.2) is 9.59 Å². The molecule has 9 heteroatoms. The highest BCUT2D eigenvalue weighted by molar-refractivity contribution is 6.27. The Morgan fingerprint density at radius 1 is 0.589 bits per heavy atom. The number of benzene rings is 4. The van der Waals surface area contributed by atoms with Crippen LogP contribution in [0.1, 0.15) is 105 Å². The number of rotatable bonds is 14. The summed E-state index contributed by atoms with van der Waals surface area (Å²) in [6, 6.07) is 34.4. The lowest BCUT2D eigenvalue weighted by atomic mass is 9.72. The predicted octanol–water partition coefficient (Wildman–Crippen LogP) is 8.79. The number of carboxylic acids is 2. The third-order valence-corrected chi connectivity index (χ3v) is 11.5. The van der Waals surface area contributed by atoms with Crippen LogP contribution in [0.25, 0.3) is 0 Å². The molecule has 4 aromatic rings. The predicted molar refractivity (Wildman–Crippen MR) is 222 cm³/mol. The van der Waals surface area contributed by atoms with Crippen molar-refractivity contribution in [1.29, 1.82) is 0 Å². The van der Waals surface area contributed by atoms with E-state index in [1.807, 2.05) is 12.1 Å². The SMILES string of the molecule is CC(CCCN(Cc1ccccc1)Cc1ccccc1)(c1ccc(O)c(CN2CCCCCC2)c1)c1ccc(O)c(CN2CCCCCC2)c1.O=C(O)C(=O)O. The lowest BCUT2D eigenvalue weighted by molar-refractivity contribution is -0.159. The molecule has 0 aliphatic carbocycles. The fourth-order valence-corrected chi connectivity index (χ4v) is 8.19. The van der Waals surface area contributed by atoms with Gasteiger partial charge in [-0.15, -0.1) is 0 Å². The fraction of sp³-hybridized carbons (Fsp3) is 0.447. The molecule has 2 fully saturated rings. The zero-order valence-electron chi connectivity index (χ0n) is 33.1. The highest BCUT2D eigenvalue weighted by atomic mass is 16.4. The number of phenolic OH excluding ortho intramolecular Hbond substituents is 2. The minimum atomic E-state index is -1.82. The zero-order chi connectivity index (χ0) is 39.8. The number of aliphatic carboxylic acids is 2. The smallest absolute Gasteiger partial charge is 0.414 e. The van der Waals surface area contributed by atoms with E-state index in [9.17, 15) is 10.2 Å². The van der Waals surface area contributed by atoms with E-state index in [0.29, 0.717) is 11.5 Å². The molecule has 2 aliphatic heterocycles. The quantitative estimate of drug-likeness (QED) is 0.0934. The number of aromatic hydroxyl groups is 2. The Balaban J connectivity index is 0.000000927. The maximum Gasteiger partial charge on any atom is 0.414 e. The van der Waals surface area contributed by atoms with Crippen molar-refractivity contribution in [2.45, 2.75) is 103 Å². The van der Waals surface area contributed by atoms with Gasteiger partial charge in [0.2, 0.25) is 0 Å². The summed E-state index contributed by atoms with van der Waals surface area (Å²) in [7, 11) is 0. The molecule has 300 valence electrons. The molecule has 0 bridgehead atoms. The van der Waals surface area contributed by atoms with Crippen molar-refractivity contribution in [3.8, 4) is 11.5 Å². The van der Waals surface area contributed by atoms with Crippen LogP contribution in [0.5, 0.6) is 11.5 Å². The van der Waals surface area contributed by atoms with Crippen LogP contribution < -0.4 is 0 Å². The van der Waals surface area contributed by atoms with Crippen molar-refractivity contribution < 1.29 is 30.0 Å². The summed E-state index contributed by atoms with van der Waals surface area (Å²) in [5.41, 5.74) is 6.89. The normalized spacial score (nSPS) is 15.7. The highest BCUT2D eigenvalue weighted by Crippen LogP contribution is 2.40. The topological polar surface area (TPSA) is 125 Å². The van der Waals surface area contributed by atoms with Gasteiger partial charge in [-0.3, -0.25) is 14.7 Å². The molecule has 0 spiro atoms. The van der Waals surface area contributed by atoms with Gasteiger partial charge in [-0.05, 0) is 118 Å². The summed E-state index contributed by atoms with van der Waals surface area (Å²) in [6.07, 6.45) is 12.1. The van der Waals surface area contributed by atoms with Gasteiger partial charge in [0.25, 0.3) is 0 Å². The van der Waals surface area contributed by atoms with Crippen LogP contribution in [0.15, 0.2) is 97.1 Å². The average molecular weight is 764 g/mol. The fourth-order valence-electron chi connectivity index (χ4n) is 8.19. The summed E-state index contributed by atoms with van der Waals surface area (Å²) in [4.78, 5) is 25.8. The minimum absolute atomic E-state index is 0.298. The van der Waals surface area contributed by atoms with E-state index < -0.39 is 11.9 Å². The molecule has 6 rings (SSSR count). The maximum atomic E-state index is 11.1. The summed E-state index contributed by atoms with van der Waals surface area (Å²) in [6.45, 7) is 11.1. The molecule has 0 saturated carbocycles. The first-order valence-corrected chi connectivity index (χ1v) is 20.5. The third-order valence-electron chi connectivity index (χ3n) is 11.5. The van der Waals surface area contributed by atoms with Crippen molar-refractivity contribution in [1.82, 2.24) is 14.7 Å². The van der Waals surface area contributed by atoms with Crippen molar-refractivity contribution in [2.75, 3.05) is 32.7 Å². The lowest BCUT2D eigenvalue weighted by Crippen LogP contribution is -2.29. The standard InChI is InChI=1S/C45H59N3O2.C2H2O4/c1-45(41-21-23-43(49)39(31-41)35-46-26-12-2-3-13-27-46,42-22-24-44(50)40(32-42)36-47-28-14-4-5-15-29-47)25-16-30-48(33-37-17-8-6-9-18-37)34-38-19-10-7-11-20-38;3-1(4)2(5)6/h6-11,17-24,31-32,49-50H,2-5,12-16,25-30,33-36H2,1H3;(H,3,4)(H,5,6). The third kappa shape index (κ3) is 12.9. The molecule has 0 amide bonds. The number of carbonyl (C=O) groups is 2. The van der Waals surface area contributed by atoms with Gasteiger partial charge in [0.15, 0.2) is 0 Å². The lowest BCUT2D eigenvalue weighted by Gasteiger charge is -2.34. The Bertz CT molecular complexity index is 1680. The largest absolute Gasteiger partial charge is 0.508 e. The number of hydrogen-bond acceptors (Lipinski definition) is 7. The molecular formula is C47H61N3O6. The number of nitrogens with zero attached hydrogens (tertiary/aromatic N) is 3. The summed E-state index contributed by atoms with van der Waals surface area (Å²) in [5.74, 6) is -2.86. The van der Waals surface area contributed by atoms with Gasteiger partial charge >= 0.3 is 11.9 Å². The van der Waals surface area contributed by atoms with E-state index in [2.05, 4.69) is 107 Å². The summed E-state index contributed by atoms with van der Waals surface area (Å²) >= 11 is 0. The van der Waals surface area contributed by atoms with E-state index in [0.717, 1.165) is 82.9 Å². The molecule has 2 heterocycles. The van der Waals surface area contributed by atoms with Gasteiger partial charge < -0.3 is 20.4 Å². The number of phenols is 2. The van der Waals surface area contributed by atoms with Crippen LogP contribution in [0.3, 0.4) is 0 Å². The Morgan fingerprint density at radius 2 is 0.982 bits per heavy atom. The molecule has 0 radical (unpaired) electrons. The van der Waals surface area contributed by atoms with E-state index in [1.165, 1.54) is 73.6 Å². The first-order valence-electron chi connectivity index (χ1n) is 20.5. The highest BCUT2D eigenvalue weighted by Gasteiger charge is 2.31. The Morgan fingerprint density at radius 3 is 1.36 bits per heavy atom. The number of likely N-dealkylation sites (tertiary alicyclic amines) is 2. The van der Waals surface area contributed by atoms with Crippen LogP contribution in [0, 0.1) is 0 Å². The molecule has 56 heavy (non-hydrogen) atoms. The van der Waals surface area contributed by atoms with Crippen molar-refractivity contribution in [2.24, 2.45) is 0 Å². The van der Waals surface area contributed by atoms with Gasteiger partial charge in [0.1, 0.15) is 11.5 Å². The second-order valence-electron chi connectivity index (χ2n) is 15.8. The van der Waals surface area contributed by atoms with Crippen LogP contribution in [0.4, 0.5) is 0 Å². The number of hydrogen-bond donors (Lipinski definition) is 4. The maximum absolute atomic E-state index is 11.1.